The van der Waals surface area contributed by atoms with Crippen molar-refractivity contribution in [2.24, 2.45) is 0 Å². The molecule has 1 saturated heterocycles. The summed E-state index contributed by atoms with van der Waals surface area (Å²) in [5.41, 5.74) is 2.77. The van der Waals surface area contributed by atoms with Gasteiger partial charge in [-0.2, -0.15) is 0 Å². The molecule has 2 aromatic carbocycles. The SMILES string of the molecule is CCOC(=O)c1ccc(N2C(=O)CSC2c2cc3ccccc3nc2Cl)cc1. The third kappa shape index (κ3) is 3.45. The normalized spacial score (nSPS) is 16.6. The highest BCUT2D eigenvalue weighted by molar-refractivity contribution is 8.00. The number of pyridine rings is 1. The molecule has 1 fully saturated rings. The fourth-order valence-corrected chi connectivity index (χ4v) is 4.69. The first-order valence-corrected chi connectivity index (χ1v) is 10.3. The molecule has 0 N–H and O–H groups in total. The smallest absolute Gasteiger partial charge is 0.338 e. The van der Waals surface area contributed by atoms with Crippen molar-refractivity contribution in [2.75, 3.05) is 17.3 Å². The number of amides is 1. The van der Waals surface area contributed by atoms with Gasteiger partial charge in [0.25, 0.3) is 0 Å². The third-order valence-electron chi connectivity index (χ3n) is 4.50. The molecule has 1 aliphatic rings. The van der Waals surface area contributed by atoms with Crippen LogP contribution in [0.25, 0.3) is 10.9 Å². The zero-order valence-electron chi connectivity index (χ0n) is 15.1. The van der Waals surface area contributed by atoms with Crippen LogP contribution in [0.5, 0.6) is 0 Å². The Balaban J connectivity index is 1.70. The van der Waals surface area contributed by atoms with E-state index in [0.29, 0.717) is 28.8 Å². The predicted molar refractivity (Wildman–Crippen MR) is 112 cm³/mol. The molecule has 7 heteroatoms. The molecule has 1 atom stereocenters. The summed E-state index contributed by atoms with van der Waals surface area (Å²) in [5.74, 6) is -0.0365. The molecule has 1 aliphatic heterocycles. The van der Waals surface area contributed by atoms with Gasteiger partial charge in [0, 0.05) is 16.6 Å². The number of rotatable bonds is 4. The Kier molecular flexibility index (Phi) is 5.24. The summed E-state index contributed by atoms with van der Waals surface area (Å²) < 4.78 is 5.01. The quantitative estimate of drug-likeness (QED) is 0.453. The molecule has 0 bridgehead atoms. The van der Waals surface area contributed by atoms with E-state index in [0.717, 1.165) is 16.5 Å². The van der Waals surface area contributed by atoms with Crippen molar-refractivity contribution < 1.29 is 14.3 Å². The molecule has 1 amide bonds. The summed E-state index contributed by atoms with van der Waals surface area (Å²) in [5, 5.41) is 1.09. The Morgan fingerprint density at radius 1 is 1.25 bits per heavy atom. The summed E-state index contributed by atoms with van der Waals surface area (Å²) >= 11 is 7.97. The monoisotopic (exact) mass is 412 g/mol. The number of aromatic nitrogens is 1. The van der Waals surface area contributed by atoms with E-state index in [1.165, 1.54) is 11.8 Å². The van der Waals surface area contributed by atoms with E-state index < -0.39 is 0 Å². The van der Waals surface area contributed by atoms with Crippen LogP contribution < -0.4 is 4.90 Å². The molecule has 0 saturated carbocycles. The lowest BCUT2D eigenvalue weighted by Crippen LogP contribution is -2.28. The molecule has 142 valence electrons. The summed E-state index contributed by atoms with van der Waals surface area (Å²) in [6, 6.07) is 16.6. The molecule has 0 aliphatic carbocycles. The average Bonchev–Trinajstić information content (AvgIpc) is 3.09. The molecular formula is C21H17ClN2O3S. The number of anilines is 1. The van der Waals surface area contributed by atoms with E-state index in [4.69, 9.17) is 16.3 Å². The number of hydrogen-bond acceptors (Lipinski definition) is 5. The summed E-state index contributed by atoms with van der Waals surface area (Å²) in [4.78, 5) is 30.7. The Morgan fingerprint density at radius 2 is 2.00 bits per heavy atom. The van der Waals surface area contributed by atoms with Crippen molar-refractivity contribution in [1.29, 1.82) is 0 Å². The van der Waals surface area contributed by atoms with Crippen LogP contribution in [0.2, 0.25) is 5.15 Å². The molecule has 2 heterocycles. The van der Waals surface area contributed by atoms with E-state index in [2.05, 4.69) is 4.98 Å². The highest BCUT2D eigenvalue weighted by Gasteiger charge is 2.35. The second-order valence-electron chi connectivity index (χ2n) is 6.26. The lowest BCUT2D eigenvalue weighted by Gasteiger charge is -2.25. The minimum absolute atomic E-state index is 0.0110. The van der Waals surface area contributed by atoms with Gasteiger partial charge in [-0.15, -0.1) is 11.8 Å². The van der Waals surface area contributed by atoms with Gasteiger partial charge in [-0.1, -0.05) is 29.8 Å². The van der Waals surface area contributed by atoms with E-state index >= 15 is 0 Å². The first-order chi connectivity index (χ1) is 13.6. The van der Waals surface area contributed by atoms with Crippen molar-refractivity contribution in [1.82, 2.24) is 4.98 Å². The first-order valence-electron chi connectivity index (χ1n) is 8.84. The molecular weight excluding hydrogens is 396 g/mol. The van der Waals surface area contributed by atoms with E-state index in [1.807, 2.05) is 30.3 Å². The zero-order chi connectivity index (χ0) is 19.7. The van der Waals surface area contributed by atoms with Gasteiger partial charge >= 0.3 is 5.97 Å². The van der Waals surface area contributed by atoms with Crippen LogP contribution in [0, 0.1) is 0 Å². The molecule has 1 unspecified atom stereocenters. The average molecular weight is 413 g/mol. The predicted octanol–water partition coefficient (Wildman–Crippen LogP) is 4.84. The maximum atomic E-state index is 12.6. The van der Waals surface area contributed by atoms with Crippen molar-refractivity contribution in [3.8, 4) is 0 Å². The third-order valence-corrected chi connectivity index (χ3v) is 5.99. The van der Waals surface area contributed by atoms with Crippen LogP contribution in [0.4, 0.5) is 5.69 Å². The highest BCUT2D eigenvalue weighted by Crippen LogP contribution is 2.44. The maximum absolute atomic E-state index is 12.6. The number of carbonyl (C=O) groups excluding carboxylic acids is 2. The van der Waals surface area contributed by atoms with Crippen molar-refractivity contribution in [2.45, 2.75) is 12.3 Å². The Bertz CT molecular complexity index is 1060. The molecule has 1 aromatic heterocycles. The zero-order valence-corrected chi connectivity index (χ0v) is 16.7. The number of para-hydroxylation sites is 1. The second-order valence-corrected chi connectivity index (χ2v) is 7.68. The van der Waals surface area contributed by atoms with Crippen LogP contribution in [0.3, 0.4) is 0 Å². The number of benzene rings is 2. The topological polar surface area (TPSA) is 59.5 Å². The largest absolute Gasteiger partial charge is 0.462 e. The maximum Gasteiger partial charge on any atom is 0.338 e. The number of halogens is 1. The first kappa shape index (κ1) is 18.8. The molecule has 4 rings (SSSR count). The summed E-state index contributed by atoms with van der Waals surface area (Å²) in [6.45, 7) is 2.08. The van der Waals surface area contributed by atoms with Crippen molar-refractivity contribution >= 4 is 51.8 Å². The number of thioether (sulfide) groups is 1. The van der Waals surface area contributed by atoms with E-state index in [9.17, 15) is 9.59 Å². The Morgan fingerprint density at radius 3 is 2.75 bits per heavy atom. The minimum Gasteiger partial charge on any atom is -0.462 e. The van der Waals surface area contributed by atoms with Crippen LogP contribution >= 0.6 is 23.4 Å². The van der Waals surface area contributed by atoms with E-state index in [1.54, 1.807) is 36.1 Å². The summed E-state index contributed by atoms with van der Waals surface area (Å²) in [7, 11) is 0. The number of esters is 1. The van der Waals surface area contributed by atoms with Gasteiger partial charge in [0.2, 0.25) is 5.91 Å². The number of ether oxygens (including phenoxy) is 1. The van der Waals surface area contributed by atoms with Gasteiger partial charge in [-0.25, -0.2) is 9.78 Å². The lowest BCUT2D eigenvalue weighted by atomic mass is 10.1. The van der Waals surface area contributed by atoms with Crippen molar-refractivity contribution in [3.63, 3.8) is 0 Å². The van der Waals surface area contributed by atoms with Crippen LogP contribution in [-0.4, -0.2) is 29.2 Å². The van der Waals surface area contributed by atoms with Gasteiger partial charge in [0.1, 0.15) is 10.5 Å². The van der Waals surface area contributed by atoms with Crippen LogP contribution in [0.15, 0.2) is 54.6 Å². The second kappa shape index (κ2) is 7.81. The molecule has 0 radical (unpaired) electrons. The number of nitrogens with zero attached hydrogens (tertiary/aromatic N) is 2. The lowest BCUT2D eigenvalue weighted by molar-refractivity contribution is -0.115. The highest BCUT2D eigenvalue weighted by atomic mass is 35.5. The van der Waals surface area contributed by atoms with Gasteiger partial charge in [0.15, 0.2) is 0 Å². The van der Waals surface area contributed by atoms with Gasteiger partial charge in [-0.3, -0.25) is 9.69 Å². The van der Waals surface area contributed by atoms with Gasteiger partial charge in [-0.05, 0) is 43.3 Å². The number of carbonyl (C=O) groups is 2. The van der Waals surface area contributed by atoms with E-state index in [-0.39, 0.29) is 17.3 Å². The number of fused-ring (bicyclic) bond motifs is 1. The van der Waals surface area contributed by atoms with Gasteiger partial charge in [0.05, 0.1) is 23.4 Å². The van der Waals surface area contributed by atoms with Gasteiger partial charge < -0.3 is 4.74 Å². The minimum atomic E-state index is -0.380. The van der Waals surface area contributed by atoms with Crippen LogP contribution in [-0.2, 0) is 9.53 Å². The standard InChI is InChI=1S/C21H17ClN2O3S/c1-2-27-21(26)13-7-9-15(10-8-13)24-18(25)12-28-20(24)16-11-14-5-3-4-6-17(14)23-19(16)22/h3-11,20H,2,12H2,1H3. The number of hydrogen-bond donors (Lipinski definition) is 0. The van der Waals surface area contributed by atoms with Crippen LogP contribution in [0.1, 0.15) is 28.2 Å². The molecule has 0 spiro atoms. The molecule has 28 heavy (non-hydrogen) atoms. The summed E-state index contributed by atoms with van der Waals surface area (Å²) in [6.07, 6.45) is 0. The fourth-order valence-electron chi connectivity index (χ4n) is 3.19. The Hall–Kier alpha value is -2.57. The van der Waals surface area contributed by atoms with Crippen molar-refractivity contribution in [3.05, 3.63) is 70.9 Å². The molecule has 5 nitrogen and oxygen atoms in total. The fraction of sp³-hybridized carbons (Fsp3) is 0.190. The Labute approximate surface area is 171 Å². The molecule has 3 aromatic rings.